The maximum Gasteiger partial charge on any atom is 0.205 e. The lowest BCUT2D eigenvalue weighted by Gasteiger charge is -2.16. The van der Waals surface area contributed by atoms with Crippen molar-refractivity contribution in [2.24, 2.45) is 0 Å². The molecule has 4 nitrogen and oxygen atoms in total. The lowest BCUT2D eigenvalue weighted by atomic mass is 10.1. The summed E-state index contributed by atoms with van der Waals surface area (Å²) in [4.78, 5) is 7.09. The Morgan fingerprint density at radius 3 is 2.90 bits per heavy atom. The lowest BCUT2D eigenvalue weighted by Crippen LogP contribution is -2.84. The molecule has 0 unspecified atom stereocenters. The number of benzene rings is 1. The first-order valence-electron chi connectivity index (χ1n) is 7.26. The van der Waals surface area contributed by atoms with Crippen molar-refractivity contribution in [3.63, 3.8) is 0 Å². The third kappa shape index (κ3) is 3.35. The highest BCUT2D eigenvalue weighted by atomic mass is 32.1. The maximum atomic E-state index is 4.71. The summed E-state index contributed by atoms with van der Waals surface area (Å²) in [6.07, 6.45) is 2.06. The highest BCUT2D eigenvalue weighted by Crippen LogP contribution is 2.19. The number of aromatic nitrogens is 2. The van der Waals surface area contributed by atoms with E-state index in [1.807, 2.05) is 0 Å². The zero-order valence-electron chi connectivity index (χ0n) is 11.9. The van der Waals surface area contributed by atoms with Crippen molar-refractivity contribution < 1.29 is 5.32 Å². The number of hydrogen-bond acceptors (Lipinski definition) is 4. The van der Waals surface area contributed by atoms with E-state index in [-0.39, 0.29) is 0 Å². The molecule has 5 heteroatoms. The zero-order chi connectivity index (χ0) is 13.8. The summed E-state index contributed by atoms with van der Waals surface area (Å²) in [5, 5.41) is 3.47. The van der Waals surface area contributed by atoms with Gasteiger partial charge in [-0.1, -0.05) is 29.8 Å². The number of hydrogen-bond donors (Lipinski definition) is 1. The molecule has 1 aliphatic rings. The van der Waals surface area contributed by atoms with Gasteiger partial charge in [0.05, 0.1) is 19.6 Å². The fourth-order valence-corrected chi connectivity index (χ4v) is 3.19. The smallest absolute Gasteiger partial charge is 0.205 e. The van der Waals surface area contributed by atoms with Gasteiger partial charge in [0, 0.05) is 30.9 Å². The number of rotatable bonds is 3. The molecule has 20 heavy (non-hydrogen) atoms. The van der Waals surface area contributed by atoms with Crippen LogP contribution in [0.2, 0.25) is 0 Å². The summed E-state index contributed by atoms with van der Waals surface area (Å²) in [6, 6.07) is 8.62. The summed E-state index contributed by atoms with van der Waals surface area (Å²) >= 11 is 1.54. The van der Waals surface area contributed by atoms with E-state index in [1.54, 1.807) is 0 Å². The van der Waals surface area contributed by atoms with Crippen molar-refractivity contribution in [1.29, 1.82) is 0 Å². The second-order valence-electron chi connectivity index (χ2n) is 5.36. The third-order valence-electron chi connectivity index (χ3n) is 3.65. The molecule has 1 aromatic heterocycles. The topological polar surface area (TPSA) is 45.6 Å². The molecule has 2 heterocycles. The van der Waals surface area contributed by atoms with Crippen molar-refractivity contribution >= 4 is 16.7 Å². The van der Waals surface area contributed by atoms with E-state index >= 15 is 0 Å². The van der Waals surface area contributed by atoms with Crippen molar-refractivity contribution in [2.75, 3.05) is 31.1 Å². The van der Waals surface area contributed by atoms with Crippen LogP contribution in [0.4, 0.5) is 5.13 Å². The van der Waals surface area contributed by atoms with E-state index in [0.717, 1.165) is 37.0 Å². The van der Waals surface area contributed by atoms with Crippen LogP contribution in [0.5, 0.6) is 0 Å². The molecule has 106 valence electrons. The van der Waals surface area contributed by atoms with E-state index in [4.69, 9.17) is 4.98 Å². The number of nitrogens with zero attached hydrogens (tertiary/aromatic N) is 3. The Bertz CT molecular complexity index is 541. The monoisotopic (exact) mass is 289 g/mol. The van der Waals surface area contributed by atoms with Crippen LogP contribution >= 0.6 is 11.5 Å². The molecule has 0 bridgehead atoms. The fourth-order valence-electron chi connectivity index (χ4n) is 2.45. The van der Waals surface area contributed by atoms with Crippen molar-refractivity contribution in [1.82, 2.24) is 9.36 Å². The molecule has 1 saturated heterocycles. The van der Waals surface area contributed by atoms with Crippen molar-refractivity contribution in [2.45, 2.75) is 19.8 Å². The van der Waals surface area contributed by atoms with Crippen LogP contribution in [0.15, 0.2) is 24.3 Å². The number of nitrogens with two attached hydrogens (primary N) is 1. The molecule has 1 aromatic carbocycles. The second kappa shape index (κ2) is 6.33. The van der Waals surface area contributed by atoms with E-state index < -0.39 is 0 Å². The molecule has 1 aliphatic heterocycles. The zero-order valence-corrected chi connectivity index (χ0v) is 12.7. The van der Waals surface area contributed by atoms with Gasteiger partial charge in [-0.2, -0.15) is 4.37 Å². The normalized spacial score (nSPS) is 16.1. The average Bonchev–Trinajstić information content (AvgIpc) is 2.74. The molecule has 0 saturated carbocycles. The van der Waals surface area contributed by atoms with Gasteiger partial charge in [0.2, 0.25) is 5.13 Å². The van der Waals surface area contributed by atoms with Gasteiger partial charge >= 0.3 is 0 Å². The van der Waals surface area contributed by atoms with Crippen LogP contribution in [0, 0.1) is 6.92 Å². The molecule has 0 radical (unpaired) electrons. The first kappa shape index (κ1) is 13.5. The first-order valence-corrected chi connectivity index (χ1v) is 8.03. The van der Waals surface area contributed by atoms with E-state index in [2.05, 4.69) is 45.8 Å². The average molecular weight is 289 g/mol. The highest BCUT2D eigenvalue weighted by Gasteiger charge is 2.15. The van der Waals surface area contributed by atoms with Crippen LogP contribution in [-0.2, 0) is 6.42 Å². The Kier molecular flexibility index (Phi) is 4.28. The van der Waals surface area contributed by atoms with Gasteiger partial charge < -0.3 is 10.2 Å². The van der Waals surface area contributed by atoms with Crippen LogP contribution in [-0.4, -0.2) is 35.5 Å². The number of aryl methyl sites for hydroxylation is 1. The summed E-state index contributed by atoms with van der Waals surface area (Å²) in [7, 11) is 0. The molecule has 2 aromatic rings. The largest absolute Gasteiger partial charge is 0.345 e. The molecule has 0 atom stereocenters. The van der Waals surface area contributed by atoms with E-state index in [1.165, 1.54) is 35.6 Å². The van der Waals surface area contributed by atoms with Gasteiger partial charge in [0.15, 0.2) is 0 Å². The number of quaternary nitrogens is 1. The van der Waals surface area contributed by atoms with Crippen LogP contribution < -0.4 is 10.2 Å². The molecular formula is C15H21N4S+. The Morgan fingerprint density at radius 1 is 1.20 bits per heavy atom. The minimum Gasteiger partial charge on any atom is -0.345 e. The Hall–Kier alpha value is -1.46. The minimum atomic E-state index is 0.830. The lowest BCUT2D eigenvalue weighted by molar-refractivity contribution is -0.650. The number of anilines is 1. The fraction of sp³-hybridized carbons (Fsp3) is 0.467. The summed E-state index contributed by atoms with van der Waals surface area (Å²) < 4.78 is 4.52. The van der Waals surface area contributed by atoms with Crippen LogP contribution in [0.25, 0.3) is 0 Å². The van der Waals surface area contributed by atoms with E-state index in [0.29, 0.717) is 0 Å². The van der Waals surface area contributed by atoms with Gasteiger partial charge in [-0.25, -0.2) is 4.98 Å². The standard InChI is InChI=1S/C15H20N4S/c1-12-3-5-13(6-4-12)11-14-17-15(20-18-14)19-9-2-7-16-8-10-19/h3-6,16H,2,7-11H2,1H3/p+1. The Labute approximate surface area is 124 Å². The highest BCUT2D eigenvalue weighted by molar-refractivity contribution is 7.09. The SMILES string of the molecule is Cc1ccc(Cc2nsc(N3CCC[NH2+]CC3)n2)cc1. The summed E-state index contributed by atoms with van der Waals surface area (Å²) in [5.74, 6) is 0.946. The molecule has 0 amide bonds. The first-order chi connectivity index (χ1) is 9.81. The van der Waals surface area contributed by atoms with Gasteiger partial charge in [0.25, 0.3) is 0 Å². The predicted molar refractivity (Wildman–Crippen MR) is 82.4 cm³/mol. The van der Waals surface area contributed by atoms with Crippen molar-refractivity contribution in [3.8, 4) is 0 Å². The van der Waals surface area contributed by atoms with Crippen molar-refractivity contribution in [3.05, 3.63) is 41.2 Å². The van der Waals surface area contributed by atoms with Gasteiger partial charge in [-0.05, 0) is 12.5 Å². The molecule has 0 aliphatic carbocycles. The van der Waals surface area contributed by atoms with Gasteiger partial charge in [-0.3, -0.25) is 0 Å². The van der Waals surface area contributed by atoms with Crippen LogP contribution in [0.1, 0.15) is 23.4 Å². The quantitative estimate of drug-likeness (QED) is 0.924. The Balaban J connectivity index is 1.68. The molecule has 3 rings (SSSR count). The predicted octanol–water partition coefficient (Wildman–Crippen LogP) is 1.21. The minimum absolute atomic E-state index is 0.830. The van der Waals surface area contributed by atoms with Crippen LogP contribution in [0.3, 0.4) is 0 Å². The van der Waals surface area contributed by atoms with Gasteiger partial charge in [0.1, 0.15) is 5.82 Å². The third-order valence-corrected chi connectivity index (χ3v) is 4.46. The molecule has 2 N–H and O–H groups in total. The van der Waals surface area contributed by atoms with E-state index in [9.17, 15) is 0 Å². The molecular weight excluding hydrogens is 268 g/mol. The maximum absolute atomic E-state index is 4.71. The molecule has 0 spiro atoms. The Morgan fingerprint density at radius 2 is 2.05 bits per heavy atom. The van der Waals surface area contributed by atoms with Gasteiger partial charge in [-0.15, -0.1) is 0 Å². The summed E-state index contributed by atoms with van der Waals surface area (Å²) in [6.45, 7) is 6.69. The summed E-state index contributed by atoms with van der Waals surface area (Å²) in [5.41, 5.74) is 2.57. The second-order valence-corrected chi connectivity index (χ2v) is 6.09. The molecule has 1 fully saturated rings.